The average molecular weight is 429 g/mol. The van der Waals surface area contributed by atoms with Crippen molar-refractivity contribution in [3.05, 3.63) is 54.6 Å². The van der Waals surface area contributed by atoms with E-state index >= 15 is 0 Å². The van der Waals surface area contributed by atoms with E-state index in [1.807, 2.05) is 0 Å². The highest BCUT2D eigenvalue weighted by molar-refractivity contribution is 8.22. The second kappa shape index (κ2) is 8.98. The van der Waals surface area contributed by atoms with Crippen LogP contribution in [0.25, 0.3) is 5.70 Å². The van der Waals surface area contributed by atoms with Crippen molar-refractivity contribution in [2.75, 3.05) is 12.1 Å². The summed E-state index contributed by atoms with van der Waals surface area (Å²) in [4.78, 5) is 0.119. The maximum absolute atomic E-state index is 13.1. The fourth-order valence-electron chi connectivity index (χ4n) is 2.30. The molecule has 0 aliphatic heterocycles. The number of alkyl halides is 2. The van der Waals surface area contributed by atoms with E-state index in [1.165, 1.54) is 36.2 Å². The molecule has 1 atom stereocenters. The van der Waals surface area contributed by atoms with E-state index in [2.05, 4.69) is 20.9 Å². The highest BCUT2D eigenvalue weighted by Crippen LogP contribution is 2.40. The number of hydrazone groups is 1. The summed E-state index contributed by atoms with van der Waals surface area (Å²) in [6, 6.07) is 11.0. The number of hydrogen-bond donors (Lipinski definition) is 3. The summed E-state index contributed by atoms with van der Waals surface area (Å²) < 4.78 is 50.4. The van der Waals surface area contributed by atoms with E-state index in [4.69, 9.17) is 9.88 Å². The minimum absolute atomic E-state index is 0.119. The molecular formula is C18H22F2N3O3PS. The first kappa shape index (κ1) is 22.3. The lowest BCUT2D eigenvalue weighted by molar-refractivity contribution is 0.224. The van der Waals surface area contributed by atoms with Crippen LogP contribution in [-0.4, -0.2) is 28.4 Å². The number of ether oxygens (including phenoxy) is 1. The standard InChI is InChI=1S/C18H22F2N3O3PS/c1-11(18(19)20)22-23(14-5-7-15(8-6-14)28(21,24)25)12(2)13-4-9-16(26-3)17(27)10-13/h4-10,18,24-25H,2,21,27H2,1,3H3/b22-11+. The maximum Gasteiger partial charge on any atom is 0.278 e. The van der Waals surface area contributed by atoms with Crippen molar-refractivity contribution in [1.82, 2.24) is 0 Å². The third-order valence-corrected chi connectivity index (χ3v) is 5.24. The third kappa shape index (κ3) is 5.27. The summed E-state index contributed by atoms with van der Waals surface area (Å²) >= 11 is 0. The number of hydrogen-bond acceptors (Lipinski definition) is 6. The molecule has 0 radical (unpaired) electrons. The van der Waals surface area contributed by atoms with E-state index in [0.717, 1.165) is 5.30 Å². The lowest BCUT2D eigenvalue weighted by Gasteiger charge is -2.27. The quantitative estimate of drug-likeness (QED) is 0.347. The summed E-state index contributed by atoms with van der Waals surface area (Å²) in [5.74, 6) is 0.651. The van der Waals surface area contributed by atoms with Crippen LogP contribution < -0.4 is 20.2 Å². The smallest absolute Gasteiger partial charge is 0.278 e. The number of methoxy groups -OCH3 is 1. The van der Waals surface area contributed by atoms with Crippen LogP contribution in [-0.2, 0) is 0 Å². The first-order valence-electron chi connectivity index (χ1n) is 7.96. The molecule has 0 heterocycles. The Kier molecular flexibility index (Phi) is 7.14. The first-order chi connectivity index (χ1) is 13.0. The molecule has 10 heteroatoms. The fraction of sp³-hybridized carbons (Fsp3) is 0.167. The van der Waals surface area contributed by atoms with Gasteiger partial charge in [-0.3, -0.25) is 9.11 Å². The number of nitrogens with two attached hydrogens (primary N) is 1. The summed E-state index contributed by atoms with van der Waals surface area (Å²) in [6.45, 7) is 5.20. The molecule has 28 heavy (non-hydrogen) atoms. The SMILES string of the molecule is C=C(c1ccc(OC)c(P)c1)N(/N=C(\C)C(F)F)c1ccc(S(N)(O)O)cc1. The fourth-order valence-corrected chi connectivity index (χ4v) is 3.23. The molecule has 2 rings (SSSR count). The van der Waals surface area contributed by atoms with Gasteiger partial charge in [-0.25, -0.2) is 18.9 Å². The van der Waals surface area contributed by atoms with Crippen molar-refractivity contribution < 1.29 is 22.6 Å². The highest BCUT2D eigenvalue weighted by atomic mass is 32.3. The lowest BCUT2D eigenvalue weighted by Crippen LogP contribution is -2.20. The Morgan fingerprint density at radius 2 is 1.86 bits per heavy atom. The molecule has 0 aliphatic carbocycles. The molecule has 0 bridgehead atoms. The molecule has 0 saturated heterocycles. The first-order valence-corrected chi connectivity index (χ1v) is 10.2. The van der Waals surface area contributed by atoms with Gasteiger partial charge in [0.05, 0.1) is 23.4 Å². The summed E-state index contributed by atoms with van der Waals surface area (Å²) in [7, 11) is 0.697. The van der Waals surface area contributed by atoms with E-state index in [0.29, 0.717) is 22.7 Å². The van der Waals surface area contributed by atoms with Gasteiger partial charge in [-0.05, 0) is 49.4 Å². The number of halogens is 2. The van der Waals surface area contributed by atoms with Crippen LogP contribution in [0.3, 0.4) is 0 Å². The van der Waals surface area contributed by atoms with Crippen molar-refractivity contribution in [3.8, 4) is 5.75 Å². The van der Waals surface area contributed by atoms with Crippen LogP contribution in [0.5, 0.6) is 5.75 Å². The van der Waals surface area contributed by atoms with E-state index < -0.39 is 22.9 Å². The largest absolute Gasteiger partial charge is 0.496 e. The molecular weight excluding hydrogens is 407 g/mol. The van der Waals surface area contributed by atoms with Gasteiger partial charge >= 0.3 is 0 Å². The molecule has 2 aromatic carbocycles. The lowest BCUT2D eigenvalue weighted by atomic mass is 10.1. The number of benzene rings is 2. The second-order valence-corrected chi connectivity index (χ2v) is 8.12. The molecule has 0 fully saturated rings. The summed E-state index contributed by atoms with van der Waals surface area (Å²) in [5.41, 5.74) is 0.994. The number of nitrogens with zero attached hydrogens (tertiary/aromatic N) is 2. The van der Waals surface area contributed by atoms with Crippen LogP contribution >= 0.6 is 20.0 Å². The summed E-state index contributed by atoms with van der Waals surface area (Å²) in [6.07, 6.45) is -2.74. The zero-order valence-electron chi connectivity index (χ0n) is 15.3. The molecule has 0 amide bonds. The Morgan fingerprint density at radius 1 is 1.25 bits per heavy atom. The van der Waals surface area contributed by atoms with Crippen molar-refractivity contribution in [2.45, 2.75) is 18.2 Å². The van der Waals surface area contributed by atoms with Gasteiger partial charge in [0.25, 0.3) is 6.43 Å². The van der Waals surface area contributed by atoms with Crippen LogP contribution in [0.1, 0.15) is 12.5 Å². The Labute approximate surface area is 166 Å². The predicted octanol–water partition coefficient (Wildman–Crippen LogP) is 4.30. The minimum Gasteiger partial charge on any atom is -0.496 e. The molecule has 6 nitrogen and oxygen atoms in total. The normalized spacial score (nSPS) is 12.8. The topological polar surface area (TPSA) is 91.3 Å². The molecule has 0 saturated carbocycles. The van der Waals surface area contributed by atoms with Gasteiger partial charge in [0.15, 0.2) is 0 Å². The third-order valence-electron chi connectivity index (χ3n) is 3.82. The van der Waals surface area contributed by atoms with Crippen molar-refractivity contribution in [2.24, 2.45) is 10.2 Å². The van der Waals surface area contributed by atoms with Crippen LogP contribution in [0.2, 0.25) is 0 Å². The van der Waals surface area contributed by atoms with Gasteiger partial charge in [0, 0.05) is 10.9 Å². The minimum atomic E-state index is -3.38. The molecule has 0 aliphatic rings. The zero-order chi connectivity index (χ0) is 21.1. The average Bonchev–Trinajstić information content (AvgIpc) is 2.64. The molecule has 0 spiro atoms. The van der Waals surface area contributed by atoms with Gasteiger partial charge in [0.1, 0.15) is 11.5 Å². The Bertz CT molecular complexity index is 887. The van der Waals surface area contributed by atoms with Gasteiger partial charge in [0.2, 0.25) is 0 Å². The van der Waals surface area contributed by atoms with Crippen LogP contribution in [0.15, 0.2) is 59.0 Å². The molecule has 4 N–H and O–H groups in total. The molecule has 0 aromatic heterocycles. The molecule has 2 aromatic rings. The number of rotatable bonds is 7. The second-order valence-electron chi connectivity index (χ2n) is 5.84. The van der Waals surface area contributed by atoms with E-state index in [-0.39, 0.29) is 4.90 Å². The summed E-state index contributed by atoms with van der Waals surface area (Å²) in [5, 5.41) is 11.4. The monoisotopic (exact) mass is 429 g/mol. The van der Waals surface area contributed by atoms with E-state index in [9.17, 15) is 17.9 Å². The zero-order valence-corrected chi connectivity index (χ0v) is 17.3. The number of anilines is 1. The van der Waals surface area contributed by atoms with Gasteiger partial charge in [-0.1, -0.05) is 6.58 Å². The Hall–Kier alpha value is -2.03. The van der Waals surface area contributed by atoms with Crippen molar-refractivity contribution >= 4 is 42.4 Å². The van der Waals surface area contributed by atoms with Crippen LogP contribution in [0, 0.1) is 0 Å². The van der Waals surface area contributed by atoms with Crippen LogP contribution in [0.4, 0.5) is 14.5 Å². The van der Waals surface area contributed by atoms with E-state index in [1.54, 1.807) is 25.3 Å². The van der Waals surface area contributed by atoms with Crippen molar-refractivity contribution in [3.63, 3.8) is 0 Å². The van der Waals surface area contributed by atoms with Gasteiger partial charge in [-0.15, -0.1) is 20.0 Å². The van der Waals surface area contributed by atoms with Gasteiger partial charge < -0.3 is 4.74 Å². The Balaban J connectivity index is 2.49. The Morgan fingerprint density at radius 3 is 2.32 bits per heavy atom. The predicted molar refractivity (Wildman–Crippen MR) is 115 cm³/mol. The van der Waals surface area contributed by atoms with Gasteiger partial charge in [-0.2, -0.15) is 5.10 Å². The van der Waals surface area contributed by atoms with Crippen molar-refractivity contribution in [1.29, 1.82) is 0 Å². The maximum atomic E-state index is 13.1. The molecule has 1 unspecified atom stereocenters. The highest BCUT2D eigenvalue weighted by Gasteiger charge is 2.17. The molecule has 152 valence electrons.